The summed E-state index contributed by atoms with van der Waals surface area (Å²) < 4.78 is 1.84. The molecule has 0 aliphatic carbocycles. The zero-order valence-corrected chi connectivity index (χ0v) is 13.7. The highest BCUT2D eigenvalue weighted by molar-refractivity contribution is 5.91. The molecule has 2 heterocycles. The summed E-state index contributed by atoms with van der Waals surface area (Å²) in [5.41, 5.74) is 0.414. The molecular formula is C15H28N6O. The van der Waals surface area contributed by atoms with Crippen molar-refractivity contribution in [2.45, 2.75) is 39.2 Å². The van der Waals surface area contributed by atoms with Gasteiger partial charge in [0.15, 0.2) is 5.69 Å². The van der Waals surface area contributed by atoms with E-state index in [0.717, 1.165) is 52.0 Å². The summed E-state index contributed by atoms with van der Waals surface area (Å²) >= 11 is 0. The highest BCUT2D eigenvalue weighted by Gasteiger charge is 2.18. The second-order valence-electron chi connectivity index (χ2n) is 5.76. The van der Waals surface area contributed by atoms with Gasteiger partial charge in [0.1, 0.15) is 0 Å². The molecule has 7 heteroatoms. The van der Waals surface area contributed by atoms with Crippen LogP contribution < -0.4 is 10.6 Å². The molecular weight excluding hydrogens is 280 g/mol. The third kappa shape index (κ3) is 4.78. The van der Waals surface area contributed by atoms with E-state index in [2.05, 4.69) is 39.7 Å². The minimum atomic E-state index is -0.132. The van der Waals surface area contributed by atoms with Crippen LogP contribution in [0.1, 0.15) is 49.6 Å². The van der Waals surface area contributed by atoms with Crippen LogP contribution in [0, 0.1) is 0 Å². The van der Waals surface area contributed by atoms with Gasteiger partial charge in [-0.2, -0.15) is 0 Å². The average Bonchev–Trinajstić information content (AvgIpc) is 3.05. The van der Waals surface area contributed by atoms with Crippen molar-refractivity contribution in [2.24, 2.45) is 0 Å². The molecule has 1 fully saturated rings. The molecule has 7 nitrogen and oxygen atoms in total. The van der Waals surface area contributed by atoms with Crippen molar-refractivity contribution >= 4 is 5.91 Å². The molecule has 1 amide bonds. The van der Waals surface area contributed by atoms with Crippen molar-refractivity contribution in [2.75, 3.05) is 39.3 Å². The van der Waals surface area contributed by atoms with Gasteiger partial charge in [-0.3, -0.25) is 4.79 Å². The lowest BCUT2D eigenvalue weighted by Crippen LogP contribution is -2.35. The lowest BCUT2D eigenvalue weighted by Gasteiger charge is -2.22. The average molecular weight is 308 g/mol. The fourth-order valence-electron chi connectivity index (χ4n) is 2.79. The van der Waals surface area contributed by atoms with Gasteiger partial charge in [0, 0.05) is 13.1 Å². The second kappa shape index (κ2) is 8.85. The Bertz CT molecular complexity index is 455. The highest BCUT2D eigenvalue weighted by Crippen LogP contribution is 2.16. The molecule has 1 saturated heterocycles. The summed E-state index contributed by atoms with van der Waals surface area (Å²) in [6, 6.07) is 0.357. The molecule has 0 aromatic carbocycles. The molecule has 1 aliphatic heterocycles. The number of piperidine rings is 1. The topological polar surface area (TPSA) is 75.1 Å². The Hall–Kier alpha value is -1.47. The SMILES string of the molecule is CCCN(CC)CCNC(=O)c1cn(C2CCNCC2)nn1. The Morgan fingerprint density at radius 3 is 2.86 bits per heavy atom. The van der Waals surface area contributed by atoms with Crippen molar-refractivity contribution in [3.63, 3.8) is 0 Å². The summed E-state index contributed by atoms with van der Waals surface area (Å²) in [7, 11) is 0. The predicted octanol–water partition coefficient (Wildman–Crippen LogP) is 0.664. The van der Waals surface area contributed by atoms with Crippen LogP contribution in [-0.4, -0.2) is 65.1 Å². The van der Waals surface area contributed by atoms with Crippen LogP contribution in [-0.2, 0) is 0 Å². The molecule has 0 atom stereocenters. The number of carbonyl (C=O) groups excluding carboxylic acids is 1. The number of nitrogens with one attached hydrogen (secondary N) is 2. The van der Waals surface area contributed by atoms with Gasteiger partial charge in [0.25, 0.3) is 5.91 Å². The number of nitrogens with zero attached hydrogens (tertiary/aromatic N) is 4. The number of carbonyl (C=O) groups is 1. The molecule has 124 valence electrons. The van der Waals surface area contributed by atoms with Gasteiger partial charge in [0.05, 0.1) is 12.2 Å². The number of hydrogen-bond donors (Lipinski definition) is 2. The fourth-order valence-corrected chi connectivity index (χ4v) is 2.79. The van der Waals surface area contributed by atoms with Crippen molar-refractivity contribution in [3.05, 3.63) is 11.9 Å². The van der Waals surface area contributed by atoms with E-state index in [4.69, 9.17) is 0 Å². The van der Waals surface area contributed by atoms with Crippen LogP contribution in [0.4, 0.5) is 0 Å². The first-order valence-corrected chi connectivity index (χ1v) is 8.37. The minimum absolute atomic E-state index is 0.132. The summed E-state index contributed by atoms with van der Waals surface area (Å²) in [5, 5.41) is 14.4. The van der Waals surface area contributed by atoms with Crippen molar-refractivity contribution in [1.29, 1.82) is 0 Å². The summed E-state index contributed by atoms with van der Waals surface area (Å²) in [4.78, 5) is 14.4. The van der Waals surface area contributed by atoms with Crippen LogP contribution >= 0.6 is 0 Å². The van der Waals surface area contributed by atoms with Gasteiger partial charge in [-0.1, -0.05) is 19.1 Å². The molecule has 0 spiro atoms. The molecule has 22 heavy (non-hydrogen) atoms. The number of likely N-dealkylation sites (N-methyl/N-ethyl adjacent to an activating group) is 1. The first-order valence-electron chi connectivity index (χ1n) is 8.37. The van der Waals surface area contributed by atoms with Crippen LogP contribution in [0.25, 0.3) is 0 Å². The Morgan fingerprint density at radius 1 is 1.41 bits per heavy atom. The van der Waals surface area contributed by atoms with E-state index in [1.165, 1.54) is 0 Å². The van der Waals surface area contributed by atoms with Gasteiger partial charge in [-0.25, -0.2) is 4.68 Å². The van der Waals surface area contributed by atoms with Gasteiger partial charge in [-0.05, 0) is 45.4 Å². The molecule has 2 N–H and O–H groups in total. The molecule has 0 radical (unpaired) electrons. The zero-order chi connectivity index (χ0) is 15.8. The number of rotatable bonds is 8. The van der Waals surface area contributed by atoms with E-state index < -0.39 is 0 Å². The van der Waals surface area contributed by atoms with Crippen molar-refractivity contribution < 1.29 is 4.79 Å². The van der Waals surface area contributed by atoms with E-state index >= 15 is 0 Å². The van der Waals surface area contributed by atoms with Gasteiger partial charge >= 0.3 is 0 Å². The zero-order valence-electron chi connectivity index (χ0n) is 13.7. The monoisotopic (exact) mass is 308 g/mol. The molecule has 1 aromatic heterocycles. The fraction of sp³-hybridized carbons (Fsp3) is 0.800. The Labute approximate surface area is 132 Å². The van der Waals surface area contributed by atoms with E-state index in [1.54, 1.807) is 6.20 Å². The quantitative estimate of drug-likeness (QED) is 0.738. The Balaban J connectivity index is 1.79. The first-order chi connectivity index (χ1) is 10.7. The Kier molecular flexibility index (Phi) is 6.79. The standard InChI is InChI=1S/C15H28N6O/c1-3-10-20(4-2)11-9-17-15(22)14-12-21(19-18-14)13-5-7-16-8-6-13/h12-13,16H,3-11H2,1-2H3,(H,17,22). The maximum absolute atomic E-state index is 12.1. The molecule has 1 aromatic rings. The lowest BCUT2D eigenvalue weighted by molar-refractivity contribution is 0.0943. The van der Waals surface area contributed by atoms with Gasteiger partial charge < -0.3 is 15.5 Å². The van der Waals surface area contributed by atoms with Crippen LogP contribution in [0.5, 0.6) is 0 Å². The van der Waals surface area contributed by atoms with Crippen molar-refractivity contribution in [3.8, 4) is 0 Å². The first kappa shape index (κ1) is 16.9. The largest absolute Gasteiger partial charge is 0.349 e. The molecule has 1 aliphatic rings. The van der Waals surface area contributed by atoms with Crippen LogP contribution in [0.15, 0.2) is 6.20 Å². The molecule has 0 saturated carbocycles. The number of aromatic nitrogens is 3. The van der Waals surface area contributed by atoms with Gasteiger partial charge in [-0.15, -0.1) is 5.10 Å². The third-order valence-electron chi connectivity index (χ3n) is 4.13. The van der Waals surface area contributed by atoms with E-state index in [1.807, 2.05) is 4.68 Å². The van der Waals surface area contributed by atoms with Gasteiger partial charge in [0.2, 0.25) is 0 Å². The molecule has 0 bridgehead atoms. The predicted molar refractivity (Wildman–Crippen MR) is 85.9 cm³/mol. The maximum Gasteiger partial charge on any atom is 0.273 e. The lowest BCUT2D eigenvalue weighted by atomic mass is 10.1. The number of hydrogen-bond acceptors (Lipinski definition) is 5. The smallest absolute Gasteiger partial charge is 0.273 e. The molecule has 0 unspecified atom stereocenters. The number of amides is 1. The van der Waals surface area contributed by atoms with Crippen molar-refractivity contribution in [1.82, 2.24) is 30.5 Å². The maximum atomic E-state index is 12.1. The second-order valence-corrected chi connectivity index (χ2v) is 5.76. The third-order valence-corrected chi connectivity index (χ3v) is 4.13. The molecule has 2 rings (SSSR count). The van der Waals surface area contributed by atoms with E-state index in [9.17, 15) is 4.79 Å². The highest BCUT2D eigenvalue weighted by atomic mass is 16.2. The summed E-state index contributed by atoms with van der Waals surface area (Å²) in [5.74, 6) is -0.132. The van der Waals surface area contributed by atoms with Crippen LogP contribution in [0.2, 0.25) is 0 Å². The van der Waals surface area contributed by atoms with E-state index in [-0.39, 0.29) is 5.91 Å². The van der Waals surface area contributed by atoms with Crippen LogP contribution in [0.3, 0.4) is 0 Å². The normalized spacial score (nSPS) is 16.1. The summed E-state index contributed by atoms with van der Waals surface area (Å²) in [6.07, 6.45) is 4.97. The Morgan fingerprint density at radius 2 is 2.18 bits per heavy atom. The minimum Gasteiger partial charge on any atom is -0.349 e. The summed E-state index contributed by atoms with van der Waals surface area (Å²) in [6.45, 7) is 9.90. The van der Waals surface area contributed by atoms with E-state index in [0.29, 0.717) is 18.3 Å².